The summed E-state index contributed by atoms with van der Waals surface area (Å²) >= 11 is 6.04. The molecule has 0 amide bonds. The summed E-state index contributed by atoms with van der Waals surface area (Å²) in [5, 5.41) is 0.694. The van der Waals surface area contributed by atoms with Crippen molar-refractivity contribution < 1.29 is 4.84 Å². The quantitative estimate of drug-likeness (QED) is 0.945. The summed E-state index contributed by atoms with van der Waals surface area (Å²) in [6, 6.07) is 7.65. The van der Waals surface area contributed by atoms with E-state index in [4.69, 9.17) is 16.4 Å². The van der Waals surface area contributed by atoms with Crippen molar-refractivity contribution in [2.24, 2.45) is 4.99 Å². The third kappa shape index (κ3) is 1.99. The smallest absolute Gasteiger partial charge is 0.230 e. The highest BCUT2D eigenvalue weighted by Gasteiger charge is 2.38. The van der Waals surface area contributed by atoms with E-state index in [1.165, 1.54) is 0 Å². The molecule has 1 atom stereocenters. The van der Waals surface area contributed by atoms with Crippen LogP contribution in [0.4, 0.5) is 0 Å². The molecule has 0 saturated heterocycles. The molecule has 1 aliphatic heterocycles. The van der Waals surface area contributed by atoms with Crippen LogP contribution in [0, 0.1) is 6.92 Å². The number of hydrogen-bond acceptors (Lipinski definition) is 4. The maximum absolute atomic E-state index is 6.04. The Labute approximate surface area is 122 Å². The minimum absolute atomic E-state index is 0.694. The van der Waals surface area contributed by atoms with Gasteiger partial charge in [-0.15, -0.1) is 0 Å². The Bertz CT molecular complexity index is 667. The maximum atomic E-state index is 6.04. The van der Waals surface area contributed by atoms with E-state index in [1.54, 1.807) is 12.7 Å². The number of nitrogens with one attached hydrogen (secondary N) is 1. The summed E-state index contributed by atoms with van der Waals surface area (Å²) in [6.45, 7) is 4.01. The molecule has 0 spiro atoms. The first-order valence-corrected chi connectivity index (χ1v) is 6.81. The van der Waals surface area contributed by atoms with Crippen molar-refractivity contribution in [2.45, 2.75) is 26.0 Å². The number of rotatable bonds is 3. The zero-order valence-electron chi connectivity index (χ0n) is 11.3. The molecule has 2 aromatic rings. The molecule has 20 heavy (non-hydrogen) atoms. The van der Waals surface area contributed by atoms with Crippen molar-refractivity contribution >= 4 is 17.9 Å². The van der Waals surface area contributed by atoms with Crippen LogP contribution in [-0.2, 0) is 10.6 Å². The minimum atomic E-state index is -0.742. The minimum Gasteiger partial charge on any atom is -0.303 e. The molecule has 1 N–H and O–H groups in total. The molecule has 1 aromatic carbocycles. The average Bonchev–Trinajstić information content (AvgIpc) is 3.06. The van der Waals surface area contributed by atoms with Gasteiger partial charge in [0.2, 0.25) is 5.72 Å². The van der Waals surface area contributed by atoms with E-state index in [0.29, 0.717) is 11.4 Å². The monoisotopic (exact) mass is 290 g/mol. The Morgan fingerprint density at radius 1 is 1.45 bits per heavy atom. The topological polar surface area (TPSA) is 51.4 Å². The normalized spacial score (nSPS) is 21.1. The van der Waals surface area contributed by atoms with Crippen LogP contribution in [0.5, 0.6) is 0 Å². The van der Waals surface area contributed by atoms with E-state index in [1.807, 2.05) is 42.7 Å². The number of benzene rings is 1. The van der Waals surface area contributed by atoms with Crippen LogP contribution in [-0.4, -0.2) is 15.9 Å². The van der Waals surface area contributed by atoms with Crippen LogP contribution < -0.4 is 5.48 Å². The standard InChI is InChI=1S/C14H15ClN4O/c1-3-14(17-8-18-20-14)13-10(2)19(9-16-13)12-6-4-5-11(15)7-12/h4-9H,3H2,1-2H3,(H,17,18). The summed E-state index contributed by atoms with van der Waals surface area (Å²) in [4.78, 5) is 14.4. The molecule has 6 heteroatoms. The molecule has 5 nitrogen and oxygen atoms in total. The fourth-order valence-corrected chi connectivity index (χ4v) is 2.59. The van der Waals surface area contributed by atoms with Gasteiger partial charge in [-0.05, 0) is 25.1 Å². The zero-order chi connectivity index (χ0) is 14.2. The summed E-state index contributed by atoms with van der Waals surface area (Å²) in [6.07, 6.45) is 4.02. The Morgan fingerprint density at radius 3 is 2.95 bits per heavy atom. The third-order valence-corrected chi connectivity index (χ3v) is 3.73. The fourth-order valence-electron chi connectivity index (χ4n) is 2.40. The van der Waals surface area contributed by atoms with Gasteiger partial charge in [0.25, 0.3) is 0 Å². The molecule has 1 aromatic heterocycles. The summed E-state index contributed by atoms with van der Waals surface area (Å²) < 4.78 is 1.98. The summed E-state index contributed by atoms with van der Waals surface area (Å²) in [5.41, 5.74) is 4.70. The number of imidazole rings is 1. The molecule has 0 radical (unpaired) electrons. The van der Waals surface area contributed by atoms with Crippen LogP contribution in [0.25, 0.3) is 5.69 Å². The average molecular weight is 291 g/mol. The zero-order valence-corrected chi connectivity index (χ0v) is 12.1. The van der Waals surface area contributed by atoms with Gasteiger partial charge in [0, 0.05) is 22.8 Å². The van der Waals surface area contributed by atoms with E-state index in [9.17, 15) is 0 Å². The fraction of sp³-hybridized carbons (Fsp3) is 0.286. The molecule has 0 saturated carbocycles. The summed E-state index contributed by atoms with van der Waals surface area (Å²) in [7, 11) is 0. The molecular formula is C14H15ClN4O. The van der Waals surface area contributed by atoms with Crippen molar-refractivity contribution in [3.8, 4) is 5.69 Å². The van der Waals surface area contributed by atoms with Crippen LogP contribution >= 0.6 is 11.6 Å². The number of nitrogens with zero attached hydrogens (tertiary/aromatic N) is 3. The van der Waals surface area contributed by atoms with Crippen LogP contribution in [0.2, 0.25) is 5.02 Å². The first-order valence-electron chi connectivity index (χ1n) is 6.44. The van der Waals surface area contributed by atoms with Gasteiger partial charge in [0.1, 0.15) is 12.0 Å². The summed E-state index contributed by atoms with van der Waals surface area (Å²) in [5.74, 6) is 0. The number of hydrogen-bond donors (Lipinski definition) is 1. The Hall–Kier alpha value is -1.85. The van der Waals surface area contributed by atoms with Gasteiger partial charge in [-0.2, -0.15) is 0 Å². The van der Waals surface area contributed by atoms with Crippen molar-refractivity contribution in [2.75, 3.05) is 0 Å². The number of hydroxylamine groups is 1. The maximum Gasteiger partial charge on any atom is 0.230 e. The number of aliphatic imine (C=N–C) groups is 1. The predicted octanol–water partition coefficient (Wildman–Crippen LogP) is 2.96. The number of aromatic nitrogens is 2. The van der Waals surface area contributed by atoms with Crippen molar-refractivity contribution in [3.05, 3.63) is 47.0 Å². The predicted molar refractivity (Wildman–Crippen MR) is 78.0 cm³/mol. The molecule has 3 rings (SSSR count). The molecule has 1 aliphatic rings. The molecule has 0 fully saturated rings. The van der Waals surface area contributed by atoms with Gasteiger partial charge in [-0.1, -0.05) is 24.6 Å². The Balaban J connectivity index is 2.07. The van der Waals surface area contributed by atoms with E-state index < -0.39 is 5.72 Å². The van der Waals surface area contributed by atoms with Gasteiger partial charge in [-0.25, -0.2) is 14.8 Å². The van der Waals surface area contributed by atoms with Crippen LogP contribution in [0.15, 0.2) is 35.6 Å². The van der Waals surface area contributed by atoms with Gasteiger partial charge in [0.15, 0.2) is 0 Å². The van der Waals surface area contributed by atoms with Gasteiger partial charge >= 0.3 is 0 Å². The highest BCUT2D eigenvalue weighted by atomic mass is 35.5. The van der Waals surface area contributed by atoms with E-state index in [-0.39, 0.29) is 0 Å². The highest BCUT2D eigenvalue weighted by molar-refractivity contribution is 6.30. The second-order valence-corrected chi connectivity index (χ2v) is 5.08. The SMILES string of the molecule is CCC1(c2ncn(-c3cccc(Cl)c3)c2C)N=CNO1. The lowest BCUT2D eigenvalue weighted by molar-refractivity contribution is -0.0643. The first kappa shape index (κ1) is 13.1. The first-order chi connectivity index (χ1) is 9.66. The molecular weight excluding hydrogens is 276 g/mol. The molecule has 0 bridgehead atoms. The van der Waals surface area contributed by atoms with Crippen LogP contribution in [0.1, 0.15) is 24.7 Å². The van der Waals surface area contributed by atoms with Gasteiger partial charge in [-0.3, -0.25) is 5.48 Å². The molecule has 1 unspecified atom stereocenters. The third-order valence-electron chi connectivity index (χ3n) is 3.50. The van der Waals surface area contributed by atoms with Crippen molar-refractivity contribution in [1.29, 1.82) is 0 Å². The lowest BCUT2D eigenvalue weighted by Crippen LogP contribution is -2.27. The lowest BCUT2D eigenvalue weighted by Gasteiger charge is -2.21. The van der Waals surface area contributed by atoms with E-state index in [0.717, 1.165) is 17.1 Å². The highest BCUT2D eigenvalue weighted by Crippen LogP contribution is 2.34. The Kier molecular flexibility index (Phi) is 3.23. The van der Waals surface area contributed by atoms with Gasteiger partial charge < -0.3 is 4.57 Å². The second-order valence-electron chi connectivity index (χ2n) is 4.64. The van der Waals surface area contributed by atoms with Crippen molar-refractivity contribution in [3.63, 3.8) is 0 Å². The van der Waals surface area contributed by atoms with Crippen molar-refractivity contribution in [1.82, 2.24) is 15.0 Å². The van der Waals surface area contributed by atoms with Gasteiger partial charge in [0.05, 0.1) is 6.33 Å². The molecule has 104 valence electrons. The second kappa shape index (κ2) is 4.92. The van der Waals surface area contributed by atoms with Crippen LogP contribution in [0.3, 0.4) is 0 Å². The largest absolute Gasteiger partial charge is 0.303 e. The van der Waals surface area contributed by atoms with E-state index in [2.05, 4.69) is 15.5 Å². The Morgan fingerprint density at radius 2 is 2.30 bits per heavy atom. The molecule has 0 aliphatic carbocycles. The lowest BCUT2D eigenvalue weighted by atomic mass is 10.1. The number of halogens is 1. The molecule has 2 heterocycles. The van der Waals surface area contributed by atoms with E-state index >= 15 is 0 Å².